The third kappa shape index (κ3) is 2.52. The fraction of sp³-hybridized carbons (Fsp3) is 0.350. The van der Waals surface area contributed by atoms with Crippen molar-refractivity contribution in [2.75, 3.05) is 0 Å². The van der Waals surface area contributed by atoms with Gasteiger partial charge < -0.3 is 9.84 Å². The molecule has 0 fully saturated rings. The molecule has 124 valence electrons. The van der Waals surface area contributed by atoms with Gasteiger partial charge in [0.25, 0.3) is 0 Å². The van der Waals surface area contributed by atoms with Crippen LogP contribution >= 0.6 is 0 Å². The first-order valence-electron chi connectivity index (χ1n) is 8.53. The van der Waals surface area contributed by atoms with Crippen LogP contribution < -0.4 is 4.74 Å². The van der Waals surface area contributed by atoms with Gasteiger partial charge in [0.2, 0.25) is 0 Å². The van der Waals surface area contributed by atoms with E-state index in [1.165, 1.54) is 5.56 Å². The number of aromatic hydroxyl groups is 1. The number of nitrogens with zero attached hydrogens (tertiary/aromatic N) is 2. The quantitative estimate of drug-likeness (QED) is 0.916. The lowest BCUT2D eigenvalue weighted by Crippen LogP contribution is -2.41. The van der Waals surface area contributed by atoms with Crippen LogP contribution in [-0.2, 0) is 0 Å². The van der Waals surface area contributed by atoms with Gasteiger partial charge in [0.1, 0.15) is 11.5 Å². The number of benzene rings is 2. The summed E-state index contributed by atoms with van der Waals surface area (Å²) in [4.78, 5) is 0. The van der Waals surface area contributed by atoms with Crippen molar-refractivity contribution in [2.24, 2.45) is 11.0 Å². The second-order valence-electron chi connectivity index (χ2n) is 6.90. The number of phenolic OH excluding ortho intramolecular Hbond substituents is 1. The first kappa shape index (κ1) is 15.1. The van der Waals surface area contributed by atoms with Crippen LogP contribution in [0.1, 0.15) is 43.9 Å². The second-order valence-corrected chi connectivity index (χ2v) is 6.90. The van der Waals surface area contributed by atoms with Gasteiger partial charge in [0.05, 0.1) is 11.8 Å². The number of fused-ring (bicyclic) bond motifs is 3. The number of hydrogen-bond donors (Lipinski definition) is 1. The average molecular weight is 322 g/mol. The third-order valence-electron chi connectivity index (χ3n) is 4.67. The van der Waals surface area contributed by atoms with Crippen LogP contribution in [0, 0.1) is 5.92 Å². The predicted molar refractivity (Wildman–Crippen MR) is 94.2 cm³/mol. The van der Waals surface area contributed by atoms with Crippen LogP contribution in [0.15, 0.2) is 53.6 Å². The Morgan fingerprint density at radius 2 is 1.92 bits per heavy atom. The van der Waals surface area contributed by atoms with Gasteiger partial charge in [-0.2, -0.15) is 5.10 Å². The zero-order chi connectivity index (χ0) is 16.7. The summed E-state index contributed by atoms with van der Waals surface area (Å²) in [7, 11) is 0. The summed E-state index contributed by atoms with van der Waals surface area (Å²) in [6.07, 6.45) is 1.64. The number of hydrazone groups is 1. The Morgan fingerprint density at radius 1 is 1.17 bits per heavy atom. The molecular weight excluding hydrogens is 300 g/mol. The largest absolute Gasteiger partial charge is 0.507 e. The monoisotopic (exact) mass is 322 g/mol. The molecule has 0 amide bonds. The molecule has 0 aromatic heterocycles. The molecule has 0 bridgehead atoms. The Hall–Kier alpha value is -2.49. The van der Waals surface area contributed by atoms with E-state index in [-0.39, 0.29) is 18.0 Å². The minimum Gasteiger partial charge on any atom is -0.507 e. The lowest BCUT2D eigenvalue weighted by molar-refractivity contribution is -0.0291. The maximum Gasteiger partial charge on any atom is 0.188 e. The van der Waals surface area contributed by atoms with Crippen molar-refractivity contribution in [1.82, 2.24) is 5.01 Å². The molecule has 24 heavy (non-hydrogen) atoms. The van der Waals surface area contributed by atoms with Crippen LogP contribution in [0.3, 0.4) is 0 Å². The molecule has 1 N–H and O–H groups in total. The van der Waals surface area contributed by atoms with Crippen LogP contribution in [0.2, 0.25) is 0 Å². The van der Waals surface area contributed by atoms with E-state index in [1.54, 1.807) is 6.07 Å². The van der Waals surface area contributed by atoms with E-state index in [4.69, 9.17) is 9.84 Å². The maximum absolute atomic E-state index is 10.2. The van der Waals surface area contributed by atoms with Gasteiger partial charge in [-0.05, 0) is 24.1 Å². The van der Waals surface area contributed by atoms with Crippen LogP contribution in [0.4, 0.5) is 0 Å². The first-order chi connectivity index (χ1) is 11.6. The molecule has 0 saturated carbocycles. The highest BCUT2D eigenvalue weighted by Gasteiger charge is 2.40. The number of ether oxygens (including phenoxy) is 1. The molecule has 0 radical (unpaired) electrons. The molecule has 2 aromatic carbocycles. The summed E-state index contributed by atoms with van der Waals surface area (Å²) in [5.41, 5.74) is 2.91. The molecular formula is C20H22N2O2. The summed E-state index contributed by atoms with van der Waals surface area (Å²) in [5.74, 6) is 1.76. The topological polar surface area (TPSA) is 45.1 Å². The van der Waals surface area contributed by atoms with Crippen molar-refractivity contribution in [1.29, 1.82) is 0 Å². The molecule has 0 saturated heterocycles. The van der Waals surface area contributed by atoms with E-state index in [9.17, 15) is 5.11 Å². The van der Waals surface area contributed by atoms with E-state index in [0.717, 1.165) is 29.9 Å². The van der Waals surface area contributed by atoms with Crippen molar-refractivity contribution < 1.29 is 9.84 Å². The van der Waals surface area contributed by atoms with Crippen molar-refractivity contribution in [3.05, 3.63) is 59.7 Å². The smallest absolute Gasteiger partial charge is 0.188 e. The maximum atomic E-state index is 10.2. The Bertz CT molecular complexity index is 785. The molecule has 2 heterocycles. The lowest BCUT2D eigenvalue weighted by atomic mass is 9.95. The molecule has 2 aromatic rings. The van der Waals surface area contributed by atoms with E-state index < -0.39 is 0 Å². The molecule has 2 atom stereocenters. The first-order valence-corrected chi connectivity index (χ1v) is 8.53. The highest BCUT2D eigenvalue weighted by Crippen LogP contribution is 2.44. The minimum absolute atomic E-state index is 0.0618. The van der Waals surface area contributed by atoms with E-state index in [2.05, 4.69) is 24.9 Å². The predicted octanol–water partition coefficient (Wildman–Crippen LogP) is 4.31. The second kappa shape index (κ2) is 5.86. The highest BCUT2D eigenvalue weighted by molar-refractivity contribution is 6.04. The molecule has 2 aliphatic rings. The standard InChI is InChI=1S/C20H22N2O2/c1-13(2)11-20-22-17(15-8-4-6-10-19(15)24-20)12-16(21-22)14-7-3-5-9-18(14)23/h3-10,13,17,20,23H,11-12H2,1-2H3/t17-,20-/m0/s1. The summed E-state index contributed by atoms with van der Waals surface area (Å²) in [5, 5.41) is 17.1. The van der Waals surface area contributed by atoms with Gasteiger partial charge in [-0.3, -0.25) is 5.01 Å². The summed E-state index contributed by atoms with van der Waals surface area (Å²) in [6.45, 7) is 4.39. The van der Waals surface area contributed by atoms with Gasteiger partial charge in [0, 0.05) is 24.0 Å². The highest BCUT2D eigenvalue weighted by atomic mass is 16.5. The SMILES string of the molecule is CC(C)C[C@@H]1Oc2ccccc2[C@@H]2CC(c3ccccc3O)=NN12. The fourth-order valence-corrected chi connectivity index (χ4v) is 3.55. The Labute approximate surface area is 142 Å². The number of para-hydroxylation sites is 2. The molecule has 4 heteroatoms. The van der Waals surface area contributed by atoms with Crippen molar-refractivity contribution in [2.45, 2.75) is 39.0 Å². The molecule has 0 aliphatic carbocycles. The molecule has 0 unspecified atom stereocenters. The zero-order valence-corrected chi connectivity index (χ0v) is 14.0. The molecule has 2 aliphatic heterocycles. The summed E-state index contributed by atoms with van der Waals surface area (Å²) in [6, 6.07) is 15.8. The van der Waals surface area contributed by atoms with Crippen molar-refractivity contribution in [3.63, 3.8) is 0 Å². The van der Waals surface area contributed by atoms with Crippen molar-refractivity contribution in [3.8, 4) is 11.5 Å². The average Bonchev–Trinajstić information content (AvgIpc) is 3.00. The van der Waals surface area contributed by atoms with Gasteiger partial charge >= 0.3 is 0 Å². The van der Waals surface area contributed by atoms with E-state index in [0.29, 0.717) is 5.92 Å². The third-order valence-corrected chi connectivity index (χ3v) is 4.67. The number of phenols is 1. The van der Waals surface area contributed by atoms with E-state index in [1.807, 2.05) is 36.4 Å². The molecule has 4 nitrogen and oxygen atoms in total. The van der Waals surface area contributed by atoms with Gasteiger partial charge in [-0.15, -0.1) is 0 Å². The van der Waals surface area contributed by atoms with E-state index >= 15 is 0 Å². The zero-order valence-electron chi connectivity index (χ0n) is 14.0. The number of hydrogen-bond acceptors (Lipinski definition) is 4. The summed E-state index contributed by atoms with van der Waals surface area (Å²) < 4.78 is 6.23. The van der Waals surface area contributed by atoms with Crippen LogP contribution in [0.5, 0.6) is 11.5 Å². The lowest BCUT2D eigenvalue weighted by Gasteiger charge is -2.38. The fourth-order valence-electron chi connectivity index (χ4n) is 3.55. The molecule has 0 spiro atoms. The Kier molecular flexibility index (Phi) is 3.68. The van der Waals surface area contributed by atoms with Gasteiger partial charge in [-0.1, -0.05) is 44.2 Å². The van der Waals surface area contributed by atoms with Crippen molar-refractivity contribution >= 4 is 5.71 Å². The van der Waals surface area contributed by atoms with Crippen LogP contribution in [-0.4, -0.2) is 22.1 Å². The number of rotatable bonds is 3. The Balaban J connectivity index is 1.74. The minimum atomic E-state index is -0.0618. The Morgan fingerprint density at radius 3 is 2.71 bits per heavy atom. The van der Waals surface area contributed by atoms with Crippen LogP contribution in [0.25, 0.3) is 0 Å². The van der Waals surface area contributed by atoms with Gasteiger partial charge in [-0.25, -0.2) is 0 Å². The molecule has 4 rings (SSSR count). The summed E-state index contributed by atoms with van der Waals surface area (Å²) >= 11 is 0. The normalized spacial score (nSPS) is 22.0. The van der Waals surface area contributed by atoms with Gasteiger partial charge in [0.15, 0.2) is 6.23 Å².